The largest absolute Gasteiger partial charge is 0.392 e. The van der Waals surface area contributed by atoms with Gasteiger partial charge in [-0.3, -0.25) is 0 Å². The Morgan fingerprint density at radius 2 is 1.86 bits per heavy atom. The van der Waals surface area contributed by atoms with Crippen molar-refractivity contribution in [1.29, 1.82) is 0 Å². The Bertz CT molecular complexity index is 484. The summed E-state index contributed by atoms with van der Waals surface area (Å²) >= 11 is 0. The molecule has 2 rings (SSSR count). The first-order valence-electron chi connectivity index (χ1n) is 7.34. The van der Waals surface area contributed by atoms with Crippen molar-refractivity contribution < 1.29 is 17.6 Å². The van der Waals surface area contributed by atoms with Crippen LogP contribution in [-0.2, 0) is 0 Å². The summed E-state index contributed by atoms with van der Waals surface area (Å²) in [5, 5.41) is 2.97. The van der Waals surface area contributed by atoms with Gasteiger partial charge in [0.1, 0.15) is 5.82 Å². The van der Waals surface area contributed by atoms with Crippen LogP contribution in [0.5, 0.6) is 0 Å². The molecule has 1 aromatic carbocycles. The van der Waals surface area contributed by atoms with Gasteiger partial charge in [-0.05, 0) is 49.9 Å². The molecule has 21 heavy (non-hydrogen) atoms. The fourth-order valence-electron chi connectivity index (χ4n) is 3.40. The Balaban J connectivity index is 2.31. The Kier molecular flexibility index (Phi) is 4.91. The second kappa shape index (κ2) is 6.34. The Labute approximate surface area is 122 Å². The van der Waals surface area contributed by atoms with E-state index in [9.17, 15) is 17.6 Å². The molecule has 1 nitrogen and oxygen atoms in total. The lowest BCUT2D eigenvalue weighted by Gasteiger charge is -2.38. The van der Waals surface area contributed by atoms with Crippen molar-refractivity contribution in [2.24, 2.45) is 11.8 Å². The van der Waals surface area contributed by atoms with Gasteiger partial charge in [0.2, 0.25) is 0 Å². The van der Waals surface area contributed by atoms with Crippen molar-refractivity contribution in [1.82, 2.24) is 5.32 Å². The molecule has 0 aliphatic heterocycles. The molecule has 0 saturated heterocycles. The highest BCUT2D eigenvalue weighted by molar-refractivity contribution is 5.26. The quantitative estimate of drug-likeness (QED) is 0.794. The molecule has 1 N–H and O–H groups in total. The molecule has 1 aromatic rings. The molecule has 3 unspecified atom stereocenters. The minimum absolute atomic E-state index is 0.167. The Morgan fingerprint density at radius 1 is 1.19 bits per heavy atom. The summed E-state index contributed by atoms with van der Waals surface area (Å²) in [7, 11) is 1.64. The molecule has 1 saturated carbocycles. The third kappa shape index (κ3) is 3.57. The normalized spacial score (nSPS) is 24.9. The summed E-state index contributed by atoms with van der Waals surface area (Å²) < 4.78 is 53.5. The van der Waals surface area contributed by atoms with Crippen molar-refractivity contribution in [2.75, 3.05) is 7.05 Å². The van der Waals surface area contributed by atoms with E-state index in [4.69, 9.17) is 0 Å². The molecular weight excluding hydrogens is 282 g/mol. The molecule has 0 spiro atoms. The lowest BCUT2D eigenvalue weighted by molar-refractivity contribution is -0.199. The number of hydrogen-bond acceptors (Lipinski definition) is 1. The van der Waals surface area contributed by atoms with E-state index in [1.165, 1.54) is 6.07 Å². The molecule has 5 heteroatoms. The van der Waals surface area contributed by atoms with E-state index in [1.807, 2.05) is 0 Å². The minimum atomic E-state index is -4.19. The second-order valence-electron chi connectivity index (χ2n) is 5.87. The van der Waals surface area contributed by atoms with E-state index < -0.39 is 24.1 Å². The molecule has 1 aliphatic carbocycles. The molecule has 1 fully saturated rings. The van der Waals surface area contributed by atoms with Gasteiger partial charge < -0.3 is 5.32 Å². The third-order valence-corrected chi connectivity index (χ3v) is 4.53. The van der Waals surface area contributed by atoms with Gasteiger partial charge in [0.25, 0.3) is 0 Å². The average Bonchev–Trinajstić information content (AvgIpc) is 2.43. The van der Waals surface area contributed by atoms with Crippen LogP contribution in [0.25, 0.3) is 0 Å². The van der Waals surface area contributed by atoms with E-state index in [-0.39, 0.29) is 12.2 Å². The summed E-state index contributed by atoms with van der Waals surface area (Å²) in [4.78, 5) is 0. The number of benzene rings is 1. The standard InChI is InChI=1S/C16H21F4N/c1-10-7-8-11(9-14(10)17)15(21-2)12-5-3-4-6-13(12)16(18,19)20/h7-9,12-13,15,21H,3-6H2,1-2H3. The number of hydrogen-bond donors (Lipinski definition) is 1. The maximum atomic E-state index is 13.7. The zero-order valence-electron chi connectivity index (χ0n) is 12.3. The summed E-state index contributed by atoms with van der Waals surface area (Å²) in [6, 6.07) is 4.24. The molecule has 0 radical (unpaired) electrons. The number of aryl methyl sites for hydroxylation is 1. The first-order chi connectivity index (χ1) is 9.84. The molecule has 118 valence electrons. The van der Waals surface area contributed by atoms with Crippen LogP contribution in [0.1, 0.15) is 42.9 Å². The highest BCUT2D eigenvalue weighted by atomic mass is 19.4. The minimum Gasteiger partial charge on any atom is -0.313 e. The second-order valence-corrected chi connectivity index (χ2v) is 5.87. The van der Waals surface area contributed by atoms with E-state index in [1.54, 1.807) is 26.1 Å². The first-order valence-corrected chi connectivity index (χ1v) is 7.34. The zero-order valence-corrected chi connectivity index (χ0v) is 12.3. The molecule has 3 atom stereocenters. The van der Waals surface area contributed by atoms with Crippen LogP contribution in [-0.4, -0.2) is 13.2 Å². The van der Waals surface area contributed by atoms with Gasteiger partial charge in [0.05, 0.1) is 5.92 Å². The fourth-order valence-corrected chi connectivity index (χ4v) is 3.40. The van der Waals surface area contributed by atoms with Gasteiger partial charge in [-0.25, -0.2) is 4.39 Å². The van der Waals surface area contributed by atoms with Crippen LogP contribution in [0.15, 0.2) is 18.2 Å². The van der Waals surface area contributed by atoms with E-state index in [0.717, 1.165) is 6.42 Å². The van der Waals surface area contributed by atoms with Crippen molar-refractivity contribution in [3.8, 4) is 0 Å². The SMILES string of the molecule is CNC(c1ccc(C)c(F)c1)C1CCCCC1C(F)(F)F. The third-order valence-electron chi connectivity index (χ3n) is 4.53. The number of rotatable bonds is 3. The molecule has 1 aliphatic rings. The molecule has 0 amide bonds. The Hall–Kier alpha value is -1.10. The van der Waals surface area contributed by atoms with Crippen molar-refractivity contribution in [3.05, 3.63) is 35.1 Å². The van der Waals surface area contributed by atoms with Gasteiger partial charge in [0.15, 0.2) is 0 Å². The van der Waals surface area contributed by atoms with Crippen LogP contribution in [0, 0.1) is 24.6 Å². The van der Waals surface area contributed by atoms with Gasteiger partial charge in [-0.15, -0.1) is 0 Å². The van der Waals surface area contributed by atoms with Crippen LogP contribution >= 0.6 is 0 Å². The molecule has 0 bridgehead atoms. The van der Waals surface area contributed by atoms with Crippen LogP contribution in [0.4, 0.5) is 17.6 Å². The molecular formula is C16H21F4N. The predicted molar refractivity (Wildman–Crippen MR) is 74.4 cm³/mol. The summed E-state index contributed by atoms with van der Waals surface area (Å²) in [6.07, 6.45) is -2.10. The van der Waals surface area contributed by atoms with E-state index in [2.05, 4.69) is 5.32 Å². The van der Waals surface area contributed by atoms with Crippen LogP contribution < -0.4 is 5.32 Å². The van der Waals surface area contributed by atoms with E-state index >= 15 is 0 Å². The maximum absolute atomic E-state index is 13.7. The number of nitrogens with one attached hydrogen (secondary N) is 1. The van der Waals surface area contributed by atoms with Crippen LogP contribution in [0.3, 0.4) is 0 Å². The molecule has 0 heterocycles. The number of halogens is 4. The summed E-state index contributed by atoms with van der Waals surface area (Å²) in [5.74, 6) is -2.22. The van der Waals surface area contributed by atoms with Gasteiger partial charge in [0, 0.05) is 6.04 Å². The summed E-state index contributed by atoms with van der Waals surface area (Å²) in [5.41, 5.74) is 1.10. The highest BCUT2D eigenvalue weighted by Crippen LogP contribution is 2.46. The van der Waals surface area contributed by atoms with Crippen molar-refractivity contribution >= 4 is 0 Å². The average molecular weight is 303 g/mol. The summed E-state index contributed by atoms with van der Waals surface area (Å²) in [6.45, 7) is 1.65. The van der Waals surface area contributed by atoms with Gasteiger partial charge >= 0.3 is 6.18 Å². The zero-order chi connectivity index (χ0) is 15.6. The lowest BCUT2D eigenvalue weighted by atomic mass is 9.73. The maximum Gasteiger partial charge on any atom is 0.392 e. The number of alkyl halides is 3. The van der Waals surface area contributed by atoms with E-state index in [0.29, 0.717) is 24.0 Å². The predicted octanol–water partition coefficient (Wildman–Crippen LogP) is 4.76. The Morgan fingerprint density at radius 3 is 2.43 bits per heavy atom. The lowest BCUT2D eigenvalue weighted by Crippen LogP contribution is -2.40. The fraction of sp³-hybridized carbons (Fsp3) is 0.625. The monoisotopic (exact) mass is 303 g/mol. The smallest absolute Gasteiger partial charge is 0.313 e. The van der Waals surface area contributed by atoms with Crippen LogP contribution in [0.2, 0.25) is 0 Å². The van der Waals surface area contributed by atoms with Gasteiger partial charge in [-0.2, -0.15) is 13.2 Å². The highest BCUT2D eigenvalue weighted by Gasteiger charge is 2.47. The molecule has 0 aromatic heterocycles. The van der Waals surface area contributed by atoms with Crippen molar-refractivity contribution in [3.63, 3.8) is 0 Å². The van der Waals surface area contributed by atoms with Gasteiger partial charge in [-0.1, -0.05) is 25.0 Å². The van der Waals surface area contributed by atoms with Crippen molar-refractivity contribution in [2.45, 2.75) is 44.8 Å². The first kappa shape index (κ1) is 16.3. The topological polar surface area (TPSA) is 12.0 Å².